The lowest BCUT2D eigenvalue weighted by Crippen LogP contribution is -2.37. The lowest BCUT2D eigenvalue weighted by molar-refractivity contribution is -0.132. The van der Waals surface area contributed by atoms with E-state index in [1.807, 2.05) is 37.3 Å². The SMILES string of the molecule is CCOc1ccc(CC(=O)N2CCCN(C(=O)CC#N)CC2)cc1. The Kier molecular flexibility index (Phi) is 6.62. The number of nitriles is 1. The first-order chi connectivity index (χ1) is 11.6. The van der Waals surface area contributed by atoms with E-state index in [2.05, 4.69) is 0 Å². The molecule has 1 fully saturated rings. The number of ether oxygens (including phenoxy) is 1. The fraction of sp³-hybridized carbons (Fsp3) is 0.500. The van der Waals surface area contributed by atoms with Gasteiger partial charge in [0.25, 0.3) is 0 Å². The first-order valence-electron chi connectivity index (χ1n) is 8.28. The summed E-state index contributed by atoms with van der Waals surface area (Å²) < 4.78 is 5.40. The van der Waals surface area contributed by atoms with Crippen molar-refractivity contribution >= 4 is 11.8 Å². The van der Waals surface area contributed by atoms with Crippen LogP contribution in [0.1, 0.15) is 25.3 Å². The van der Waals surface area contributed by atoms with Crippen LogP contribution in [0.15, 0.2) is 24.3 Å². The van der Waals surface area contributed by atoms with Crippen LogP contribution < -0.4 is 4.74 Å². The summed E-state index contributed by atoms with van der Waals surface area (Å²) in [7, 11) is 0. The molecular weight excluding hydrogens is 306 g/mol. The predicted octanol–water partition coefficient (Wildman–Crippen LogP) is 1.60. The van der Waals surface area contributed by atoms with Crippen molar-refractivity contribution in [1.82, 2.24) is 9.80 Å². The molecule has 1 saturated heterocycles. The van der Waals surface area contributed by atoms with Crippen molar-refractivity contribution in [2.24, 2.45) is 0 Å². The van der Waals surface area contributed by atoms with Crippen LogP contribution >= 0.6 is 0 Å². The minimum absolute atomic E-state index is 0.0637. The van der Waals surface area contributed by atoms with Gasteiger partial charge >= 0.3 is 0 Å². The summed E-state index contributed by atoms with van der Waals surface area (Å²) in [5.74, 6) is 0.710. The van der Waals surface area contributed by atoms with E-state index in [0.29, 0.717) is 39.2 Å². The molecule has 1 aliphatic heterocycles. The molecule has 2 rings (SSSR count). The van der Waals surface area contributed by atoms with Gasteiger partial charge < -0.3 is 14.5 Å². The summed E-state index contributed by atoms with van der Waals surface area (Å²) in [6.45, 7) is 4.82. The van der Waals surface area contributed by atoms with Gasteiger partial charge in [-0.1, -0.05) is 12.1 Å². The number of amides is 2. The summed E-state index contributed by atoms with van der Waals surface area (Å²) in [5, 5.41) is 8.62. The number of carbonyl (C=O) groups is 2. The minimum Gasteiger partial charge on any atom is -0.494 e. The number of hydrogen-bond acceptors (Lipinski definition) is 4. The van der Waals surface area contributed by atoms with Gasteiger partial charge in [-0.2, -0.15) is 5.26 Å². The molecular formula is C18H23N3O3. The van der Waals surface area contributed by atoms with Gasteiger partial charge in [0.05, 0.1) is 19.1 Å². The van der Waals surface area contributed by atoms with Crippen molar-refractivity contribution in [3.05, 3.63) is 29.8 Å². The normalized spacial score (nSPS) is 14.7. The van der Waals surface area contributed by atoms with Gasteiger partial charge in [0.2, 0.25) is 11.8 Å². The van der Waals surface area contributed by atoms with Crippen molar-refractivity contribution < 1.29 is 14.3 Å². The van der Waals surface area contributed by atoms with Gasteiger partial charge in [0, 0.05) is 26.2 Å². The molecule has 6 nitrogen and oxygen atoms in total. The molecule has 0 unspecified atom stereocenters. The monoisotopic (exact) mass is 329 g/mol. The molecule has 0 aromatic heterocycles. The predicted molar refractivity (Wildman–Crippen MR) is 89.3 cm³/mol. The number of carbonyl (C=O) groups excluding carboxylic acids is 2. The smallest absolute Gasteiger partial charge is 0.236 e. The Morgan fingerprint density at radius 3 is 2.29 bits per heavy atom. The molecule has 1 aromatic carbocycles. The number of hydrogen-bond donors (Lipinski definition) is 0. The van der Waals surface area contributed by atoms with E-state index >= 15 is 0 Å². The second-order valence-corrected chi connectivity index (χ2v) is 5.70. The minimum atomic E-state index is -0.154. The molecule has 1 heterocycles. The average molecular weight is 329 g/mol. The van der Waals surface area contributed by atoms with Crippen molar-refractivity contribution in [3.8, 4) is 11.8 Å². The Hall–Kier alpha value is -2.55. The molecule has 128 valence electrons. The molecule has 24 heavy (non-hydrogen) atoms. The van der Waals surface area contributed by atoms with Crippen molar-refractivity contribution in [2.75, 3.05) is 32.8 Å². The molecule has 0 atom stereocenters. The zero-order valence-corrected chi connectivity index (χ0v) is 14.0. The lowest BCUT2D eigenvalue weighted by Gasteiger charge is -2.21. The third-order valence-corrected chi connectivity index (χ3v) is 4.02. The number of rotatable bonds is 5. The van der Waals surface area contributed by atoms with Gasteiger partial charge in [0.1, 0.15) is 12.2 Å². The Labute approximate surface area is 142 Å². The van der Waals surface area contributed by atoms with E-state index < -0.39 is 0 Å². The van der Waals surface area contributed by atoms with Crippen LogP contribution in [-0.4, -0.2) is 54.4 Å². The van der Waals surface area contributed by atoms with Crippen LogP contribution in [0.4, 0.5) is 0 Å². The molecule has 0 bridgehead atoms. The Balaban J connectivity index is 1.88. The van der Waals surface area contributed by atoms with Crippen LogP contribution in [0.5, 0.6) is 5.75 Å². The fourth-order valence-electron chi connectivity index (χ4n) is 2.75. The van der Waals surface area contributed by atoms with Gasteiger partial charge in [-0.05, 0) is 31.0 Å². The van der Waals surface area contributed by atoms with Crippen molar-refractivity contribution in [2.45, 2.75) is 26.2 Å². The summed E-state index contributed by atoms with van der Waals surface area (Å²) in [5.41, 5.74) is 0.949. The van der Waals surface area contributed by atoms with Crippen LogP contribution in [0.2, 0.25) is 0 Å². The van der Waals surface area contributed by atoms with E-state index in [4.69, 9.17) is 10.00 Å². The molecule has 1 aliphatic rings. The van der Waals surface area contributed by atoms with Gasteiger partial charge in [-0.3, -0.25) is 9.59 Å². The Morgan fingerprint density at radius 1 is 1.08 bits per heavy atom. The molecule has 0 saturated carbocycles. The van der Waals surface area contributed by atoms with Gasteiger partial charge in [0.15, 0.2) is 0 Å². The molecule has 0 N–H and O–H groups in total. The number of benzene rings is 1. The second-order valence-electron chi connectivity index (χ2n) is 5.70. The van der Waals surface area contributed by atoms with E-state index in [0.717, 1.165) is 17.7 Å². The molecule has 1 aromatic rings. The largest absolute Gasteiger partial charge is 0.494 e. The van der Waals surface area contributed by atoms with E-state index in [1.165, 1.54) is 0 Å². The third kappa shape index (κ3) is 4.98. The second kappa shape index (κ2) is 8.92. The maximum absolute atomic E-state index is 12.5. The zero-order chi connectivity index (χ0) is 17.4. The van der Waals surface area contributed by atoms with Crippen LogP contribution in [0, 0.1) is 11.3 Å². The summed E-state index contributed by atoms with van der Waals surface area (Å²) in [6, 6.07) is 9.44. The van der Waals surface area contributed by atoms with Crippen LogP contribution in [0.3, 0.4) is 0 Å². The molecule has 0 aliphatic carbocycles. The highest BCUT2D eigenvalue weighted by atomic mass is 16.5. The lowest BCUT2D eigenvalue weighted by atomic mass is 10.1. The highest BCUT2D eigenvalue weighted by molar-refractivity contribution is 5.80. The molecule has 0 radical (unpaired) electrons. The van der Waals surface area contributed by atoms with Crippen molar-refractivity contribution in [1.29, 1.82) is 5.26 Å². The molecule has 2 amide bonds. The number of nitrogens with zero attached hydrogens (tertiary/aromatic N) is 3. The summed E-state index contributed by atoms with van der Waals surface area (Å²) in [6.07, 6.45) is 0.991. The van der Waals surface area contributed by atoms with E-state index in [-0.39, 0.29) is 18.2 Å². The van der Waals surface area contributed by atoms with Gasteiger partial charge in [-0.15, -0.1) is 0 Å². The fourth-order valence-corrected chi connectivity index (χ4v) is 2.75. The van der Waals surface area contributed by atoms with Crippen LogP contribution in [-0.2, 0) is 16.0 Å². The maximum Gasteiger partial charge on any atom is 0.236 e. The quantitative estimate of drug-likeness (QED) is 0.822. The molecule has 6 heteroatoms. The highest BCUT2D eigenvalue weighted by Crippen LogP contribution is 2.14. The van der Waals surface area contributed by atoms with Crippen molar-refractivity contribution in [3.63, 3.8) is 0 Å². The van der Waals surface area contributed by atoms with Gasteiger partial charge in [-0.25, -0.2) is 0 Å². The average Bonchev–Trinajstić information content (AvgIpc) is 2.83. The summed E-state index contributed by atoms with van der Waals surface area (Å²) in [4.78, 5) is 27.7. The topological polar surface area (TPSA) is 73.6 Å². The van der Waals surface area contributed by atoms with E-state index in [9.17, 15) is 9.59 Å². The Morgan fingerprint density at radius 2 is 1.71 bits per heavy atom. The third-order valence-electron chi connectivity index (χ3n) is 4.02. The van der Waals surface area contributed by atoms with E-state index in [1.54, 1.807) is 9.80 Å². The summed E-state index contributed by atoms with van der Waals surface area (Å²) >= 11 is 0. The first-order valence-corrected chi connectivity index (χ1v) is 8.28. The maximum atomic E-state index is 12.5. The molecule has 0 spiro atoms. The standard InChI is InChI=1S/C18H23N3O3/c1-2-24-16-6-4-15(5-7-16)14-18(23)21-11-3-10-20(12-13-21)17(22)8-9-19/h4-7H,2-3,8,10-14H2,1H3. The van der Waals surface area contributed by atoms with Crippen LogP contribution in [0.25, 0.3) is 0 Å². The highest BCUT2D eigenvalue weighted by Gasteiger charge is 2.21. The zero-order valence-electron chi connectivity index (χ0n) is 14.0. The first kappa shape index (κ1) is 17.8. The Bertz CT molecular complexity index is 607.